The first-order chi connectivity index (χ1) is 10.4. The van der Waals surface area contributed by atoms with Crippen LogP contribution in [0.1, 0.15) is 36.0 Å². The third-order valence-electron chi connectivity index (χ3n) is 3.03. The largest absolute Gasteiger partial charge is 0.478 e. The number of benzene rings is 1. The van der Waals surface area contributed by atoms with Crippen molar-refractivity contribution in [2.24, 2.45) is 0 Å². The van der Waals surface area contributed by atoms with Crippen LogP contribution in [0.3, 0.4) is 0 Å². The quantitative estimate of drug-likeness (QED) is 0.645. The summed E-state index contributed by atoms with van der Waals surface area (Å²) in [7, 11) is 0. The van der Waals surface area contributed by atoms with Crippen LogP contribution in [0.5, 0.6) is 0 Å². The van der Waals surface area contributed by atoms with E-state index < -0.39 is 32.8 Å². The number of non-ortho nitro benzene ring substituents is 2. The molecular weight excluding hydrogens is 294 g/mol. The number of carboxylic acid groups (broad SMARTS) is 1. The van der Waals surface area contributed by atoms with E-state index in [1.54, 1.807) is 0 Å². The fraction of sp³-hybridized carbons (Fsp3) is 0.462. The molecule has 120 valence electrons. The van der Waals surface area contributed by atoms with E-state index in [1.807, 2.05) is 0 Å². The van der Waals surface area contributed by atoms with E-state index in [-0.39, 0.29) is 0 Å². The Morgan fingerprint density at radius 3 is 1.77 bits per heavy atom. The maximum absolute atomic E-state index is 10.5. The molecule has 0 radical (unpaired) electrons. The van der Waals surface area contributed by atoms with Gasteiger partial charge in [-0.1, -0.05) is 12.8 Å². The average molecular weight is 311 g/mol. The van der Waals surface area contributed by atoms with Gasteiger partial charge in [-0.2, -0.15) is 0 Å². The molecule has 1 aromatic carbocycles. The molecule has 2 rings (SSSR count). The Balaban J connectivity index is 0.000000287. The molecule has 1 saturated heterocycles. The molecule has 0 aromatic heterocycles. The van der Waals surface area contributed by atoms with Gasteiger partial charge < -0.3 is 10.4 Å². The zero-order chi connectivity index (χ0) is 16.5. The predicted octanol–water partition coefficient (Wildman–Crippen LogP) is 2.35. The maximum atomic E-state index is 10.5. The van der Waals surface area contributed by atoms with Gasteiger partial charge in [0, 0.05) is 12.1 Å². The van der Waals surface area contributed by atoms with Crippen LogP contribution in [-0.4, -0.2) is 34.0 Å². The number of nitro benzene ring substituents is 2. The van der Waals surface area contributed by atoms with Crippen LogP contribution in [0.4, 0.5) is 11.4 Å². The highest BCUT2D eigenvalue weighted by Gasteiger charge is 2.19. The summed E-state index contributed by atoms with van der Waals surface area (Å²) in [6, 6.07) is 2.22. The van der Waals surface area contributed by atoms with Crippen LogP contribution in [0.2, 0.25) is 0 Å². The number of nitrogens with one attached hydrogen (secondary N) is 1. The van der Waals surface area contributed by atoms with E-state index in [2.05, 4.69) is 5.32 Å². The lowest BCUT2D eigenvalue weighted by molar-refractivity contribution is -0.394. The van der Waals surface area contributed by atoms with Crippen molar-refractivity contribution < 1.29 is 19.7 Å². The third kappa shape index (κ3) is 5.83. The van der Waals surface area contributed by atoms with Gasteiger partial charge in [0.15, 0.2) is 0 Å². The van der Waals surface area contributed by atoms with Gasteiger partial charge >= 0.3 is 5.97 Å². The molecule has 9 nitrogen and oxygen atoms in total. The lowest BCUT2D eigenvalue weighted by Crippen LogP contribution is -2.12. The molecule has 0 aliphatic carbocycles. The number of rotatable bonds is 3. The van der Waals surface area contributed by atoms with Crippen molar-refractivity contribution in [3.8, 4) is 0 Å². The topological polar surface area (TPSA) is 136 Å². The van der Waals surface area contributed by atoms with E-state index in [4.69, 9.17) is 5.11 Å². The Hall–Kier alpha value is -2.55. The van der Waals surface area contributed by atoms with Crippen LogP contribution in [0.15, 0.2) is 18.2 Å². The van der Waals surface area contributed by atoms with Crippen LogP contribution in [-0.2, 0) is 0 Å². The number of carbonyl (C=O) groups is 1. The Morgan fingerprint density at radius 1 is 0.955 bits per heavy atom. The standard InChI is InChI=1S/C7H4N2O6.C6H13N/c10-7(11)4-1-5(8(12)13)3-6(2-4)9(14)15;1-2-4-6-7-5-3-1/h1-3H,(H,10,11);7H,1-6H2. The fourth-order valence-corrected chi connectivity index (χ4v) is 1.91. The normalized spacial score (nSPS) is 14.2. The Labute approximate surface area is 126 Å². The van der Waals surface area contributed by atoms with Crippen molar-refractivity contribution in [3.63, 3.8) is 0 Å². The first kappa shape index (κ1) is 17.5. The van der Waals surface area contributed by atoms with Crippen molar-refractivity contribution in [1.82, 2.24) is 5.32 Å². The van der Waals surface area contributed by atoms with Crippen molar-refractivity contribution in [3.05, 3.63) is 44.0 Å². The fourth-order valence-electron chi connectivity index (χ4n) is 1.91. The van der Waals surface area contributed by atoms with Gasteiger partial charge in [0.2, 0.25) is 0 Å². The third-order valence-corrected chi connectivity index (χ3v) is 3.03. The highest BCUT2D eigenvalue weighted by atomic mass is 16.6. The molecule has 2 N–H and O–H groups in total. The van der Waals surface area contributed by atoms with Crippen LogP contribution in [0.25, 0.3) is 0 Å². The minimum Gasteiger partial charge on any atom is -0.478 e. The minimum absolute atomic E-state index is 0.490. The molecule has 22 heavy (non-hydrogen) atoms. The highest BCUT2D eigenvalue weighted by molar-refractivity contribution is 5.89. The summed E-state index contributed by atoms with van der Waals surface area (Å²) < 4.78 is 0. The molecule has 1 aliphatic heterocycles. The Bertz CT molecular complexity index is 462. The Morgan fingerprint density at radius 2 is 1.41 bits per heavy atom. The van der Waals surface area contributed by atoms with Crippen LogP contribution in [0, 0.1) is 20.2 Å². The van der Waals surface area contributed by atoms with Gasteiger partial charge in [0.1, 0.15) is 0 Å². The smallest absolute Gasteiger partial charge is 0.336 e. The van der Waals surface area contributed by atoms with E-state index >= 15 is 0 Å². The van der Waals surface area contributed by atoms with Crippen LogP contribution < -0.4 is 5.32 Å². The SMILES string of the molecule is C1CCCNCC1.O=C(O)c1cc([N+](=O)[O-])cc([N+](=O)[O-])c1. The maximum Gasteiger partial charge on any atom is 0.336 e. The number of carboxylic acids is 1. The van der Waals surface area contributed by atoms with Crippen molar-refractivity contribution in [1.29, 1.82) is 0 Å². The summed E-state index contributed by atoms with van der Waals surface area (Å²) in [5.74, 6) is -1.46. The second kappa shape index (κ2) is 8.67. The minimum atomic E-state index is -1.46. The number of aromatic carboxylic acids is 1. The summed E-state index contributed by atoms with van der Waals surface area (Å²) >= 11 is 0. The first-order valence-electron chi connectivity index (χ1n) is 6.79. The molecule has 0 spiro atoms. The lowest BCUT2D eigenvalue weighted by Gasteiger charge is -1.96. The molecule has 9 heteroatoms. The molecule has 0 atom stereocenters. The summed E-state index contributed by atoms with van der Waals surface area (Å²) in [6.07, 6.45) is 5.65. The Kier molecular flexibility index (Phi) is 6.90. The summed E-state index contributed by atoms with van der Waals surface area (Å²) in [6.45, 7) is 2.50. The van der Waals surface area contributed by atoms with Crippen molar-refractivity contribution >= 4 is 17.3 Å². The lowest BCUT2D eigenvalue weighted by atomic mass is 10.2. The molecule has 0 amide bonds. The zero-order valence-electron chi connectivity index (χ0n) is 11.9. The molecule has 1 aliphatic rings. The number of nitrogens with zero attached hydrogens (tertiary/aromatic N) is 2. The van der Waals surface area contributed by atoms with Gasteiger partial charge in [-0.15, -0.1) is 0 Å². The molecule has 1 fully saturated rings. The monoisotopic (exact) mass is 311 g/mol. The van der Waals surface area contributed by atoms with E-state index in [9.17, 15) is 25.0 Å². The first-order valence-corrected chi connectivity index (χ1v) is 6.79. The second-order valence-electron chi connectivity index (χ2n) is 4.72. The summed E-state index contributed by atoms with van der Waals surface area (Å²) in [5, 5.41) is 32.6. The van der Waals surface area contributed by atoms with Gasteiger partial charge in [0.25, 0.3) is 11.4 Å². The van der Waals surface area contributed by atoms with Gasteiger partial charge in [-0.3, -0.25) is 20.2 Å². The molecular formula is C13H17N3O6. The number of hydrogen-bond donors (Lipinski definition) is 2. The highest BCUT2D eigenvalue weighted by Crippen LogP contribution is 2.22. The van der Waals surface area contributed by atoms with Gasteiger partial charge in [-0.25, -0.2) is 4.79 Å². The van der Waals surface area contributed by atoms with Crippen LogP contribution >= 0.6 is 0 Å². The van der Waals surface area contributed by atoms with E-state index in [1.165, 1.54) is 38.8 Å². The van der Waals surface area contributed by atoms with Gasteiger partial charge in [-0.05, 0) is 25.9 Å². The second-order valence-corrected chi connectivity index (χ2v) is 4.72. The molecule has 0 unspecified atom stereocenters. The molecule has 0 bridgehead atoms. The van der Waals surface area contributed by atoms with Gasteiger partial charge in [0.05, 0.1) is 21.5 Å². The summed E-state index contributed by atoms with van der Waals surface area (Å²) in [5.41, 5.74) is -1.74. The number of hydrogen-bond acceptors (Lipinski definition) is 6. The molecule has 1 aromatic rings. The number of nitro groups is 2. The van der Waals surface area contributed by atoms with E-state index in [0.29, 0.717) is 6.07 Å². The zero-order valence-corrected chi connectivity index (χ0v) is 11.9. The average Bonchev–Trinajstić information content (AvgIpc) is 2.79. The summed E-state index contributed by atoms with van der Waals surface area (Å²) in [4.78, 5) is 29.4. The van der Waals surface area contributed by atoms with Crippen molar-refractivity contribution in [2.75, 3.05) is 13.1 Å². The van der Waals surface area contributed by atoms with Crippen molar-refractivity contribution in [2.45, 2.75) is 25.7 Å². The van der Waals surface area contributed by atoms with E-state index in [0.717, 1.165) is 12.1 Å². The molecule has 1 heterocycles. The molecule has 0 saturated carbocycles. The predicted molar refractivity (Wildman–Crippen MR) is 78.0 cm³/mol.